The molecule has 2 amide bonds. The minimum atomic E-state index is -0.432. The third kappa shape index (κ3) is 4.68. The number of anilines is 2. The number of nitrogens with zero attached hydrogens (tertiary/aromatic N) is 2. The second-order valence-corrected chi connectivity index (χ2v) is 7.02. The van der Waals surface area contributed by atoms with E-state index in [4.69, 9.17) is 4.74 Å². The monoisotopic (exact) mass is 416 g/mol. The predicted molar refractivity (Wildman–Crippen MR) is 115 cm³/mol. The Hall–Kier alpha value is -4.04. The van der Waals surface area contributed by atoms with Crippen LogP contribution in [0, 0.1) is 0 Å². The summed E-state index contributed by atoms with van der Waals surface area (Å²) < 4.78 is 5.75. The van der Waals surface area contributed by atoms with Crippen molar-refractivity contribution >= 4 is 34.5 Å². The normalized spacial score (nSPS) is 10.3. The van der Waals surface area contributed by atoms with Gasteiger partial charge in [0.15, 0.2) is 0 Å². The van der Waals surface area contributed by atoms with Gasteiger partial charge < -0.3 is 15.4 Å². The number of thiophene rings is 1. The molecule has 7 nitrogen and oxygen atoms in total. The zero-order valence-electron chi connectivity index (χ0n) is 15.6. The van der Waals surface area contributed by atoms with Gasteiger partial charge in [-0.25, -0.2) is 4.98 Å². The van der Waals surface area contributed by atoms with Gasteiger partial charge in [0.2, 0.25) is 0 Å². The molecule has 0 aliphatic heterocycles. The summed E-state index contributed by atoms with van der Waals surface area (Å²) in [5.74, 6) is 0.637. The Morgan fingerprint density at radius 2 is 1.60 bits per heavy atom. The molecule has 0 bridgehead atoms. The SMILES string of the molecule is O=C(Nc1ccsc1C(=O)Nc1ccc(Oc2ccccc2)cc1)c1cnccn1. The first-order valence-electron chi connectivity index (χ1n) is 8.98. The molecule has 0 saturated heterocycles. The maximum Gasteiger partial charge on any atom is 0.275 e. The minimum absolute atomic E-state index is 0.170. The Morgan fingerprint density at radius 3 is 2.33 bits per heavy atom. The van der Waals surface area contributed by atoms with Crippen LogP contribution in [-0.4, -0.2) is 21.8 Å². The number of rotatable bonds is 6. The maximum atomic E-state index is 12.7. The molecule has 0 fully saturated rings. The van der Waals surface area contributed by atoms with Crippen LogP contribution < -0.4 is 15.4 Å². The molecule has 2 aromatic heterocycles. The molecule has 0 atom stereocenters. The number of ether oxygens (including phenoxy) is 1. The van der Waals surface area contributed by atoms with Crippen molar-refractivity contribution in [3.8, 4) is 11.5 Å². The molecule has 2 N–H and O–H groups in total. The van der Waals surface area contributed by atoms with Gasteiger partial charge in [-0.2, -0.15) is 0 Å². The second kappa shape index (κ2) is 8.97. The number of hydrogen-bond acceptors (Lipinski definition) is 6. The van der Waals surface area contributed by atoms with Gasteiger partial charge in [0, 0.05) is 18.1 Å². The molecule has 148 valence electrons. The molecule has 2 aromatic carbocycles. The summed E-state index contributed by atoms with van der Waals surface area (Å²) in [5, 5.41) is 7.26. The number of nitrogens with one attached hydrogen (secondary N) is 2. The Balaban J connectivity index is 1.41. The van der Waals surface area contributed by atoms with Crippen LogP contribution in [0.1, 0.15) is 20.2 Å². The summed E-state index contributed by atoms with van der Waals surface area (Å²) in [6, 6.07) is 18.2. The number of hydrogen-bond donors (Lipinski definition) is 2. The minimum Gasteiger partial charge on any atom is -0.457 e. The molecule has 0 spiro atoms. The molecule has 0 radical (unpaired) electrons. The Bertz CT molecular complexity index is 1150. The third-order valence-electron chi connectivity index (χ3n) is 4.01. The van der Waals surface area contributed by atoms with Gasteiger partial charge in [-0.3, -0.25) is 14.6 Å². The molecular formula is C22H16N4O3S. The lowest BCUT2D eigenvalue weighted by atomic mass is 10.2. The average molecular weight is 416 g/mol. The highest BCUT2D eigenvalue weighted by Gasteiger charge is 2.17. The van der Waals surface area contributed by atoms with Crippen LogP contribution in [0.25, 0.3) is 0 Å². The molecule has 4 aromatic rings. The largest absolute Gasteiger partial charge is 0.457 e. The van der Waals surface area contributed by atoms with E-state index in [1.54, 1.807) is 35.7 Å². The predicted octanol–water partition coefficient (Wildman–Crippen LogP) is 4.84. The summed E-state index contributed by atoms with van der Waals surface area (Å²) in [5.41, 5.74) is 1.20. The summed E-state index contributed by atoms with van der Waals surface area (Å²) in [6.45, 7) is 0. The van der Waals surface area contributed by atoms with Crippen molar-refractivity contribution in [3.05, 3.63) is 95.2 Å². The molecule has 0 aliphatic rings. The first-order valence-corrected chi connectivity index (χ1v) is 9.86. The van der Waals surface area contributed by atoms with Gasteiger partial charge in [0.05, 0.1) is 11.9 Å². The standard InChI is InChI=1S/C22H16N4O3S/c27-21(19-14-23-11-12-24-19)26-18-10-13-30-20(18)22(28)25-15-6-8-17(9-7-15)29-16-4-2-1-3-5-16/h1-14H,(H,25,28)(H,26,27). The Labute approximate surface area is 176 Å². The van der Waals surface area contributed by atoms with Crippen LogP contribution in [-0.2, 0) is 0 Å². The molecule has 0 saturated carbocycles. The number of para-hydroxylation sites is 1. The lowest BCUT2D eigenvalue weighted by molar-refractivity contribution is 0.102. The van der Waals surface area contributed by atoms with Crippen LogP contribution in [0.15, 0.2) is 84.6 Å². The summed E-state index contributed by atoms with van der Waals surface area (Å²) in [6.07, 6.45) is 4.28. The van der Waals surface area contributed by atoms with Gasteiger partial charge >= 0.3 is 0 Å². The highest BCUT2D eigenvalue weighted by Crippen LogP contribution is 2.26. The molecular weight excluding hydrogens is 400 g/mol. The highest BCUT2D eigenvalue weighted by atomic mass is 32.1. The Kier molecular flexibility index (Phi) is 5.77. The van der Waals surface area contributed by atoms with E-state index in [0.717, 1.165) is 5.75 Å². The summed E-state index contributed by atoms with van der Waals surface area (Å²) in [7, 11) is 0. The third-order valence-corrected chi connectivity index (χ3v) is 4.92. The van der Waals surface area contributed by atoms with Crippen LogP contribution in [0.2, 0.25) is 0 Å². The molecule has 4 rings (SSSR count). The first kappa shape index (κ1) is 19.3. The lowest BCUT2D eigenvalue weighted by Gasteiger charge is -2.09. The number of carbonyl (C=O) groups is 2. The van der Waals surface area contributed by atoms with Crippen LogP contribution in [0.3, 0.4) is 0 Å². The zero-order valence-corrected chi connectivity index (χ0v) is 16.4. The number of amides is 2. The van der Waals surface area contributed by atoms with Crippen molar-refractivity contribution in [1.29, 1.82) is 0 Å². The van der Waals surface area contributed by atoms with Crippen LogP contribution in [0.5, 0.6) is 11.5 Å². The van der Waals surface area contributed by atoms with E-state index in [1.807, 2.05) is 30.3 Å². The van der Waals surface area contributed by atoms with E-state index < -0.39 is 5.91 Å². The van der Waals surface area contributed by atoms with Gasteiger partial charge in [0.25, 0.3) is 11.8 Å². The quantitative estimate of drug-likeness (QED) is 0.469. The molecule has 30 heavy (non-hydrogen) atoms. The molecule has 0 unspecified atom stereocenters. The van der Waals surface area contributed by atoms with E-state index in [2.05, 4.69) is 20.6 Å². The van der Waals surface area contributed by atoms with Crippen molar-refractivity contribution < 1.29 is 14.3 Å². The highest BCUT2D eigenvalue weighted by molar-refractivity contribution is 7.12. The topological polar surface area (TPSA) is 93.2 Å². The van der Waals surface area contributed by atoms with Crippen molar-refractivity contribution in [2.45, 2.75) is 0 Å². The van der Waals surface area contributed by atoms with E-state index in [0.29, 0.717) is 22.0 Å². The fraction of sp³-hybridized carbons (Fsp3) is 0. The second-order valence-electron chi connectivity index (χ2n) is 6.10. The van der Waals surface area contributed by atoms with Gasteiger partial charge in [-0.15, -0.1) is 11.3 Å². The molecule has 0 aliphatic carbocycles. The smallest absolute Gasteiger partial charge is 0.275 e. The van der Waals surface area contributed by atoms with Gasteiger partial charge in [-0.05, 0) is 47.8 Å². The van der Waals surface area contributed by atoms with Crippen molar-refractivity contribution in [2.75, 3.05) is 10.6 Å². The van der Waals surface area contributed by atoms with Crippen molar-refractivity contribution in [3.63, 3.8) is 0 Å². The first-order chi connectivity index (χ1) is 14.7. The van der Waals surface area contributed by atoms with Crippen molar-refractivity contribution in [1.82, 2.24) is 9.97 Å². The maximum absolute atomic E-state index is 12.7. The van der Waals surface area contributed by atoms with Crippen LogP contribution in [0.4, 0.5) is 11.4 Å². The van der Waals surface area contributed by atoms with Gasteiger partial charge in [-0.1, -0.05) is 18.2 Å². The van der Waals surface area contributed by atoms with E-state index in [1.165, 1.54) is 29.9 Å². The van der Waals surface area contributed by atoms with Crippen molar-refractivity contribution in [2.24, 2.45) is 0 Å². The van der Waals surface area contributed by atoms with Crippen LogP contribution >= 0.6 is 11.3 Å². The van der Waals surface area contributed by atoms with E-state index in [9.17, 15) is 9.59 Å². The fourth-order valence-electron chi connectivity index (χ4n) is 2.61. The summed E-state index contributed by atoms with van der Waals surface area (Å²) in [4.78, 5) is 33.2. The number of carbonyl (C=O) groups excluding carboxylic acids is 2. The van der Waals surface area contributed by atoms with Gasteiger partial charge in [0.1, 0.15) is 22.1 Å². The molecule has 8 heteroatoms. The molecule has 2 heterocycles. The number of benzene rings is 2. The van der Waals surface area contributed by atoms with E-state index in [-0.39, 0.29) is 11.6 Å². The lowest BCUT2D eigenvalue weighted by Crippen LogP contribution is -2.17. The fourth-order valence-corrected chi connectivity index (χ4v) is 3.35. The average Bonchev–Trinajstić information content (AvgIpc) is 3.25. The number of aromatic nitrogens is 2. The Morgan fingerprint density at radius 1 is 0.833 bits per heavy atom. The zero-order chi connectivity index (χ0) is 20.8. The van der Waals surface area contributed by atoms with E-state index >= 15 is 0 Å². The summed E-state index contributed by atoms with van der Waals surface area (Å²) >= 11 is 1.23.